The van der Waals surface area contributed by atoms with Crippen LogP contribution in [0.2, 0.25) is 0 Å². The maximum absolute atomic E-state index is 12.6. The monoisotopic (exact) mass is 326 g/mol. The van der Waals surface area contributed by atoms with Gasteiger partial charge in [0.25, 0.3) is 0 Å². The highest BCUT2D eigenvalue weighted by Crippen LogP contribution is 2.35. The second-order valence-electron chi connectivity index (χ2n) is 4.36. The van der Waals surface area contributed by atoms with E-state index >= 15 is 0 Å². The predicted molar refractivity (Wildman–Crippen MR) is 74.0 cm³/mol. The Kier molecular flexibility index (Phi) is 4.49. The molecule has 23 heavy (non-hydrogen) atoms. The van der Waals surface area contributed by atoms with E-state index in [-0.39, 0.29) is 17.1 Å². The summed E-state index contributed by atoms with van der Waals surface area (Å²) < 4.78 is 43.1. The lowest BCUT2D eigenvalue weighted by molar-refractivity contribution is -0.385. The highest BCUT2D eigenvalue weighted by atomic mass is 19.4. The van der Waals surface area contributed by atoms with Crippen molar-refractivity contribution in [1.29, 1.82) is 0 Å². The van der Waals surface area contributed by atoms with Gasteiger partial charge in [0.2, 0.25) is 5.75 Å². The molecule has 0 atom stereocenters. The maximum atomic E-state index is 12.6. The number of hydrogen-bond donors (Lipinski definition) is 1. The molecule has 0 radical (unpaired) electrons. The molecule has 0 heterocycles. The molecule has 0 aliphatic carbocycles. The van der Waals surface area contributed by atoms with Crippen molar-refractivity contribution in [2.45, 2.75) is 6.18 Å². The van der Waals surface area contributed by atoms with Crippen molar-refractivity contribution in [3.63, 3.8) is 0 Å². The number of nitro benzene ring substituents is 1. The first kappa shape index (κ1) is 16.3. The summed E-state index contributed by atoms with van der Waals surface area (Å²) in [5, 5.41) is 22.2. The minimum atomic E-state index is -4.55. The summed E-state index contributed by atoms with van der Waals surface area (Å²) in [6.07, 6.45) is -3.58. The number of oxime groups is 1. The number of alkyl halides is 3. The highest BCUT2D eigenvalue weighted by molar-refractivity contribution is 5.81. The Labute approximate surface area is 127 Å². The molecule has 0 fully saturated rings. The lowest BCUT2D eigenvalue weighted by Gasteiger charge is -2.10. The van der Waals surface area contributed by atoms with Crippen molar-refractivity contribution >= 4 is 11.9 Å². The third-order valence-corrected chi connectivity index (χ3v) is 2.78. The summed E-state index contributed by atoms with van der Waals surface area (Å²) in [5.74, 6) is -0.420. The summed E-state index contributed by atoms with van der Waals surface area (Å²) in [4.78, 5) is 10.3. The van der Waals surface area contributed by atoms with Crippen molar-refractivity contribution in [3.8, 4) is 11.5 Å². The third kappa shape index (κ3) is 3.96. The zero-order valence-electron chi connectivity index (χ0n) is 11.3. The van der Waals surface area contributed by atoms with E-state index in [0.717, 1.165) is 30.5 Å². The van der Waals surface area contributed by atoms with Gasteiger partial charge in [-0.15, -0.1) is 0 Å². The molecule has 0 aliphatic heterocycles. The molecule has 0 saturated carbocycles. The quantitative estimate of drug-likeness (QED) is 0.395. The van der Waals surface area contributed by atoms with Crippen LogP contribution < -0.4 is 4.74 Å². The Bertz CT molecular complexity index is 760. The van der Waals surface area contributed by atoms with Gasteiger partial charge in [0.1, 0.15) is 5.75 Å². The summed E-state index contributed by atoms with van der Waals surface area (Å²) in [6.45, 7) is 0. The zero-order valence-corrected chi connectivity index (χ0v) is 11.3. The molecule has 0 aromatic heterocycles. The van der Waals surface area contributed by atoms with Crippen LogP contribution in [0.3, 0.4) is 0 Å². The first-order valence-electron chi connectivity index (χ1n) is 6.12. The molecule has 2 rings (SSSR count). The molecule has 9 heteroatoms. The fraction of sp³-hybridized carbons (Fsp3) is 0.0714. The smallest absolute Gasteiger partial charge is 0.416 e. The van der Waals surface area contributed by atoms with Gasteiger partial charge in [0, 0.05) is 11.6 Å². The van der Waals surface area contributed by atoms with Crippen molar-refractivity contribution in [1.82, 2.24) is 0 Å². The van der Waals surface area contributed by atoms with Gasteiger partial charge in [-0.25, -0.2) is 0 Å². The van der Waals surface area contributed by atoms with E-state index in [1.165, 1.54) is 18.2 Å². The molecule has 2 aromatic carbocycles. The normalized spacial score (nSPS) is 11.6. The van der Waals surface area contributed by atoms with Crippen LogP contribution in [-0.2, 0) is 6.18 Å². The number of rotatable bonds is 4. The van der Waals surface area contributed by atoms with Crippen molar-refractivity contribution in [2.75, 3.05) is 0 Å². The number of nitro groups is 1. The van der Waals surface area contributed by atoms with E-state index in [0.29, 0.717) is 0 Å². The maximum Gasteiger partial charge on any atom is 0.416 e. The summed E-state index contributed by atoms with van der Waals surface area (Å²) >= 11 is 0. The van der Waals surface area contributed by atoms with Gasteiger partial charge in [-0.1, -0.05) is 11.2 Å². The van der Waals surface area contributed by atoms with Gasteiger partial charge in [-0.05, 0) is 30.3 Å². The molecule has 0 spiro atoms. The lowest BCUT2D eigenvalue weighted by Crippen LogP contribution is -2.04. The van der Waals surface area contributed by atoms with Crippen LogP contribution in [0.15, 0.2) is 47.6 Å². The molecule has 2 aromatic rings. The van der Waals surface area contributed by atoms with Crippen molar-refractivity contribution in [2.24, 2.45) is 5.16 Å². The molecular formula is C14H9F3N2O4. The van der Waals surface area contributed by atoms with E-state index in [1.54, 1.807) is 0 Å². The summed E-state index contributed by atoms with van der Waals surface area (Å²) in [5.41, 5.74) is -1.17. The molecule has 0 bridgehead atoms. The average Bonchev–Trinajstić information content (AvgIpc) is 2.48. The highest BCUT2D eigenvalue weighted by Gasteiger charge is 2.30. The zero-order chi connectivity index (χ0) is 17.0. The standard InChI is InChI=1S/C14H9F3N2O4/c15-14(16,17)10-2-1-3-11(7-10)23-13-5-4-9(8-18-20)6-12(13)19(21)22/h1-8,20H/b18-8+. The molecule has 0 amide bonds. The molecule has 0 unspecified atom stereocenters. The SMILES string of the molecule is O=[N+]([O-])c1cc(/C=N/O)ccc1Oc1cccc(C(F)(F)F)c1. The molecule has 0 aliphatic rings. The molecule has 1 N–H and O–H groups in total. The molecular weight excluding hydrogens is 317 g/mol. The van der Waals surface area contributed by atoms with E-state index in [2.05, 4.69) is 5.16 Å². The van der Waals surface area contributed by atoms with Crippen LogP contribution in [0.1, 0.15) is 11.1 Å². The number of benzene rings is 2. The van der Waals surface area contributed by atoms with Crippen molar-refractivity contribution in [3.05, 3.63) is 63.7 Å². The van der Waals surface area contributed by atoms with E-state index in [9.17, 15) is 23.3 Å². The van der Waals surface area contributed by atoms with Gasteiger partial charge >= 0.3 is 11.9 Å². The van der Waals surface area contributed by atoms with Crippen LogP contribution in [-0.4, -0.2) is 16.3 Å². The summed E-state index contributed by atoms with van der Waals surface area (Å²) in [6, 6.07) is 7.63. The number of ether oxygens (including phenoxy) is 1. The van der Waals surface area contributed by atoms with Crippen LogP contribution in [0, 0.1) is 10.1 Å². The minimum Gasteiger partial charge on any atom is -0.450 e. The van der Waals surface area contributed by atoms with E-state index in [1.807, 2.05) is 0 Å². The number of nitrogens with zero attached hydrogens (tertiary/aromatic N) is 2. The Hall–Kier alpha value is -3.10. The van der Waals surface area contributed by atoms with Crippen LogP contribution in [0.4, 0.5) is 18.9 Å². The summed E-state index contributed by atoms with van der Waals surface area (Å²) in [7, 11) is 0. The molecule has 120 valence electrons. The van der Waals surface area contributed by atoms with Gasteiger partial charge < -0.3 is 9.94 Å². The molecule has 0 saturated heterocycles. The molecule has 6 nitrogen and oxygen atoms in total. The van der Waals surface area contributed by atoms with Crippen LogP contribution in [0.5, 0.6) is 11.5 Å². The Morgan fingerprint density at radius 3 is 2.57 bits per heavy atom. The first-order valence-corrected chi connectivity index (χ1v) is 6.12. The second-order valence-corrected chi connectivity index (χ2v) is 4.36. The Balaban J connectivity index is 2.38. The third-order valence-electron chi connectivity index (χ3n) is 2.78. The Morgan fingerprint density at radius 1 is 1.22 bits per heavy atom. The van der Waals surface area contributed by atoms with Gasteiger partial charge in [0.15, 0.2) is 0 Å². The van der Waals surface area contributed by atoms with E-state index < -0.39 is 22.4 Å². The van der Waals surface area contributed by atoms with Crippen LogP contribution in [0.25, 0.3) is 0 Å². The number of hydrogen-bond acceptors (Lipinski definition) is 5. The van der Waals surface area contributed by atoms with Gasteiger partial charge in [0.05, 0.1) is 16.7 Å². The van der Waals surface area contributed by atoms with Gasteiger partial charge in [-0.2, -0.15) is 13.2 Å². The largest absolute Gasteiger partial charge is 0.450 e. The fourth-order valence-electron chi connectivity index (χ4n) is 1.77. The fourth-order valence-corrected chi connectivity index (χ4v) is 1.77. The number of halogens is 3. The minimum absolute atomic E-state index is 0.188. The first-order chi connectivity index (χ1) is 10.8. The average molecular weight is 326 g/mol. The van der Waals surface area contributed by atoms with Crippen molar-refractivity contribution < 1.29 is 28.0 Å². The van der Waals surface area contributed by atoms with Gasteiger partial charge in [-0.3, -0.25) is 10.1 Å². The van der Waals surface area contributed by atoms with Crippen LogP contribution >= 0.6 is 0 Å². The lowest BCUT2D eigenvalue weighted by atomic mass is 10.2. The second kappa shape index (κ2) is 6.34. The van der Waals surface area contributed by atoms with E-state index in [4.69, 9.17) is 9.94 Å². The Morgan fingerprint density at radius 2 is 1.96 bits per heavy atom. The topological polar surface area (TPSA) is 85.0 Å². The predicted octanol–water partition coefficient (Wildman–Crippen LogP) is 4.21.